The fourth-order valence-electron chi connectivity index (χ4n) is 3.89. The van der Waals surface area contributed by atoms with E-state index in [-0.39, 0.29) is 5.75 Å². The normalized spacial score (nSPS) is 22.2. The molecule has 3 nitrogen and oxygen atoms in total. The van der Waals surface area contributed by atoms with Crippen molar-refractivity contribution in [2.75, 3.05) is 13.1 Å². The molecular formula is C23H27NO2. The molecule has 0 aromatic heterocycles. The molecule has 1 aliphatic carbocycles. The first-order valence-corrected chi connectivity index (χ1v) is 9.73. The van der Waals surface area contributed by atoms with Gasteiger partial charge in [0.2, 0.25) is 0 Å². The molecule has 4 rings (SSSR count). The molecule has 1 N–H and O–H groups in total. The molecule has 1 saturated heterocycles. The van der Waals surface area contributed by atoms with Crippen molar-refractivity contribution in [1.82, 2.24) is 4.90 Å². The van der Waals surface area contributed by atoms with Crippen LogP contribution in [0.5, 0.6) is 11.5 Å². The minimum absolute atomic E-state index is 0.283. The Morgan fingerprint density at radius 3 is 2.42 bits per heavy atom. The third-order valence-corrected chi connectivity index (χ3v) is 5.53. The monoisotopic (exact) mass is 349 g/mol. The van der Waals surface area contributed by atoms with E-state index in [9.17, 15) is 5.11 Å². The van der Waals surface area contributed by atoms with Gasteiger partial charge in [-0.15, -0.1) is 0 Å². The van der Waals surface area contributed by atoms with Gasteiger partial charge in [-0.05, 0) is 74.2 Å². The second-order valence-corrected chi connectivity index (χ2v) is 7.39. The van der Waals surface area contributed by atoms with Gasteiger partial charge in [0.15, 0.2) is 0 Å². The van der Waals surface area contributed by atoms with Crippen LogP contribution in [0.3, 0.4) is 0 Å². The quantitative estimate of drug-likeness (QED) is 0.824. The number of aromatic hydroxyl groups is 1. The molecule has 136 valence electrons. The van der Waals surface area contributed by atoms with Crippen molar-refractivity contribution in [1.29, 1.82) is 0 Å². The number of rotatable bonds is 5. The number of benzene rings is 2. The molecule has 1 heterocycles. The van der Waals surface area contributed by atoms with Gasteiger partial charge in [-0.2, -0.15) is 0 Å². The van der Waals surface area contributed by atoms with Gasteiger partial charge >= 0.3 is 0 Å². The van der Waals surface area contributed by atoms with Crippen LogP contribution in [0.2, 0.25) is 0 Å². The van der Waals surface area contributed by atoms with Crippen LogP contribution in [0.15, 0.2) is 54.1 Å². The molecule has 2 fully saturated rings. The van der Waals surface area contributed by atoms with Gasteiger partial charge < -0.3 is 9.84 Å². The van der Waals surface area contributed by atoms with Crippen LogP contribution in [0, 0.1) is 0 Å². The molecule has 2 aromatic rings. The van der Waals surface area contributed by atoms with Gasteiger partial charge in [0.25, 0.3) is 0 Å². The largest absolute Gasteiger partial charge is 0.508 e. The van der Waals surface area contributed by atoms with Gasteiger partial charge in [0.05, 0.1) is 0 Å². The molecule has 0 bridgehead atoms. The molecule has 1 unspecified atom stereocenters. The predicted octanol–water partition coefficient (Wildman–Crippen LogP) is 5.00. The molecule has 1 saturated carbocycles. The minimum atomic E-state index is 0.283. The number of hydrogen-bond acceptors (Lipinski definition) is 3. The van der Waals surface area contributed by atoms with Crippen molar-refractivity contribution in [2.45, 2.75) is 44.8 Å². The standard InChI is InChI=1S/C23H27NO2/c25-21-10-6-19(7-11-21)17-26-22-12-8-18(9-13-22)16-20-4-1-2-5-23(20)24-14-3-15-24/h6-13,16,23,25H,1-5,14-15,17H2/b20-16-. The maximum absolute atomic E-state index is 9.33. The van der Waals surface area contributed by atoms with Crippen LogP contribution in [0.25, 0.3) is 6.08 Å². The van der Waals surface area contributed by atoms with E-state index in [1.807, 2.05) is 24.3 Å². The summed E-state index contributed by atoms with van der Waals surface area (Å²) < 4.78 is 5.85. The van der Waals surface area contributed by atoms with Gasteiger partial charge in [-0.25, -0.2) is 0 Å². The van der Waals surface area contributed by atoms with Gasteiger partial charge in [-0.3, -0.25) is 4.90 Å². The lowest BCUT2D eigenvalue weighted by molar-refractivity contribution is 0.121. The lowest BCUT2D eigenvalue weighted by Gasteiger charge is -2.42. The fraction of sp³-hybridized carbons (Fsp3) is 0.391. The lowest BCUT2D eigenvalue weighted by atomic mass is 9.86. The predicted molar refractivity (Wildman–Crippen MR) is 105 cm³/mol. The highest BCUT2D eigenvalue weighted by Gasteiger charge is 2.28. The minimum Gasteiger partial charge on any atom is -0.508 e. The van der Waals surface area contributed by atoms with Crippen LogP contribution in [0.4, 0.5) is 0 Å². The highest BCUT2D eigenvalue weighted by atomic mass is 16.5. The number of hydrogen-bond donors (Lipinski definition) is 1. The Kier molecular flexibility index (Phi) is 5.26. The first-order chi connectivity index (χ1) is 12.8. The summed E-state index contributed by atoms with van der Waals surface area (Å²) in [6.07, 6.45) is 9.00. The van der Waals surface area contributed by atoms with E-state index in [1.54, 1.807) is 17.7 Å². The summed E-state index contributed by atoms with van der Waals surface area (Å²) in [5.74, 6) is 1.16. The first-order valence-electron chi connectivity index (χ1n) is 9.73. The molecule has 3 heteroatoms. The maximum Gasteiger partial charge on any atom is 0.119 e. The highest BCUT2D eigenvalue weighted by molar-refractivity contribution is 5.55. The second kappa shape index (κ2) is 7.96. The average Bonchev–Trinajstić information content (AvgIpc) is 2.63. The Hall–Kier alpha value is -2.26. The number of phenolic OH excluding ortho intramolecular Hbond substituents is 1. The summed E-state index contributed by atoms with van der Waals surface area (Å²) in [7, 11) is 0. The molecule has 0 radical (unpaired) electrons. The van der Waals surface area contributed by atoms with Crippen molar-refractivity contribution in [3.63, 3.8) is 0 Å². The topological polar surface area (TPSA) is 32.7 Å². The SMILES string of the molecule is Oc1ccc(COc2ccc(/C=C3/CCCCC3N3CCC3)cc2)cc1. The molecule has 0 spiro atoms. The zero-order chi connectivity index (χ0) is 17.8. The van der Waals surface area contributed by atoms with Crippen molar-refractivity contribution < 1.29 is 9.84 Å². The number of nitrogens with zero attached hydrogens (tertiary/aromatic N) is 1. The number of ether oxygens (including phenoxy) is 1. The summed E-state index contributed by atoms with van der Waals surface area (Å²) in [6.45, 7) is 3.05. The molecular weight excluding hydrogens is 322 g/mol. The van der Waals surface area contributed by atoms with E-state index in [0.717, 1.165) is 11.3 Å². The lowest BCUT2D eigenvalue weighted by Crippen LogP contribution is -2.46. The zero-order valence-electron chi connectivity index (χ0n) is 15.2. The van der Waals surface area contributed by atoms with E-state index >= 15 is 0 Å². The van der Waals surface area contributed by atoms with E-state index in [4.69, 9.17) is 4.74 Å². The van der Waals surface area contributed by atoms with Crippen LogP contribution >= 0.6 is 0 Å². The van der Waals surface area contributed by atoms with Crippen LogP contribution < -0.4 is 4.74 Å². The Morgan fingerprint density at radius 1 is 0.962 bits per heavy atom. The van der Waals surface area contributed by atoms with Gasteiger partial charge in [-0.1, -0.05) is 42.3 Å². The van der Waals surface area contributed by atoms with Crippen molar-refractivity contribution in [2.24, 2.45) is 0 Å². The van der Waals surface area contributed by atoms with Crippen LogP contribution in [-0.4, -0.2) is 29.1 Å². The van der Waals surface area contributed by atoms with E-state index in [1.165, 1.54) is 50.8 Å². The van der Waals surface area contributed by atoms with E-state index in [0.29, 0.717) is 12.6 Å². The number of likely N-dealkylation sites (tertiary alicyclic amines) is 1. The molecule has 2 aliphatic rings. The zero-order valence-corrected chi connectivity index (χ0v) is 15.2. The third-order valence-electron chi connectivity index (χ3n) is 5.53. The summed E-state index contributed by atoms with van der Waals surface area (Å²) in [4.78, 5) is 2.64. The Labute approximate surface area is 155 Å². The maximum atomic E-state index is 9.33. The summed E-state index contributed by atoms with van der Waals surface area (Å²) in [5, 5.41) is 9.33. The van der Waals surface area contributed by atoms with Gasteiger partial charge in [0, 0.05) is 6.04 Å². The summed E-state index contributed by atoms with van der Waals surface area (Å²) in [5.41, 5.74) is 3.92. The molecule has 1 atom stereocenters. The summed E-state index contributed by atoms with van der Waals surface area (Å²) >= 11 is 0. The van der Waals surface area contributed by atoms with Crippen molar-refractivity contribution in [3.05, 3.63) is 65.2 Å². The van der Waals surface area contributed by atoms with Crippen LogP contribution in [0.1, 0.15) is 43.2 Å². The van der Waals surface area contributed by atoms with Gasteiger partial charge in [0.1, 0.15) is 18.1 Å². The van der Waals surface area contributed by atoms with Crippen molar-refractivity contribution >= 4 is 6.08 Å². The number of phenols is 1. The van der Waals surface area contributed by atoms with Crippen LogP contribution in [-0.2, 0) is 6.61 Å². The first kappa shape index (κ1) is 17.2. The summed E-state index contributed by atoms with van der Waals surface area (Å²) in [6, 6.07) is 16.2. The van der Waals surface area contributed by atoms with Crippen molar-refractivity contribution in [3.8, 4) is 11.5 Å². The third kappa shape index (κ3) is 4.10. The molecule has 0 amide bonds. The Morgan fingerprint density at radius 2 is 1.73 bits per heavy atom. The van der Waals surface area contributed by atoms with E-state index in [2.05, 4.69) is 23.1 Å². The highest BCUT2D eigenvalue weighted by Crippen LogP contribution is 2.32. The average molecular weight is 349 g/mol. The van der Waals surface area contributed by atoms with E-state index < -0.39 is 0 Å². The second-order valence-electron chi connectivity index (χ2n) is 7.39. The molecule has 2 aromatic carbocycles. The molecule has 1 aliphatic heterocycles. The fourth-order valence-corrected chi connectivity index (χ4v) is 3.89. The Balaban J connectivity index is 1.39. The molecule has 26 heavy (non-hydrogen) atoms. The smallest absolute Gasteiger partial charge is 0.119 e. The Bertz CT molecular complexity index is 745.